The number of ether oxygens (including phenoxy) is 1. The van der Waals surface area contributed by atoms with Gasteiger partial charge in [-0.1, -0.05) is 36.6 Å². The molecule has 0 aliphatic rings. The van der Waals surface area contributed by atoms with Crippen molar-refractivity contribution in [2.75, 3.05) is 6.61 Å². The van der Waals surface area contributed by atoms with E-state index in [1.165, 1.54) is 0 Å². The summed E-state index contributed by atoms with van der Waals surface area (Å²) in [5, 5.41) is 2.01. The van der Waals surface area contributed by atoms with E-state index in [0.29, 0.717) is 6.61 Å². The van der Waals surface area contributed by atoms with E-state index in [2.05, 4.69) is 18.4 Å². The Kier molecular flexibility index (Phi) is 5.83. The van der Waals surface area contributed by atoms with Crippen LogP contribution in [-0.4, -0.2) is 6.61 Å². The van der Waals surface area contributed by atoms with Crippen molar-refractivity contribution in [1.29, 1.82) is 0 Å². The Bertz CT molecular complexity index is 427. The van der Waals surface area contributed by atoms with E-state index in [-0.39, 0.29) is 0 Å². The second-order valence-corrected chi connectivity index (χ2v) is 3.82. The number of hydrogen-bond donors (Lipinski definition) is 0. The maximum absolute atomic E-state index is 5.46. The molecule has 0 fully saturated rings. The van der Waals surface area contributed by atoms with Gasteiger partial charge in [0, 0.05) is 0 Å². The van der Waals surface area contributed by atoms with Crippen LogP contribution in [-0.2, 0) is 4.74 Å². The van der Waals surface area contributed by atoms with Crippen LogP contribution in [0, 0.1) is 11.8 Å². The number of thiophene rings is 1. The standard InChI is InChI=1S/C14H14OS/c1-3-7-13(8-4-2)15-11-5-9-14-10-6-12-16-14/h3-4,6-8,10,12H,1,11H2,2H3/b8-4-,13-7+. The summed E-state index contributed by atoms with van der Waals surface area (Å²) in [4.78, 5) is 1.06. The highest BCUT2D eigenvalue weighted by molar-refractivity contribution is 7.10. The molecule has 16 heavy (non-hydrogen) atoms. The molecule has 0 saturated carbocycles. The molecule has 0 bridgehead atoms. The van der Waals surface area contributed by atoms with Crippen LogP contribution in [0.1, 0.15) is 11.8 Å². The van der Waals surface area contributed by atoms with Crippen molar-refractivity contribution in [1.82, 2.24) is 0 Å². The lowest BCUT2D eigenvalue weighted by Crippen LogP contribution is -1.89. The third-order valence-corrected chi connectivity index (χ3v) is 2.44. The predicted octanol–water partition coefficient (Wildman–Crippen LogP) is 3.76. The molecule has 1 aromatic rings. The predicted molar refractivity (Wildman–Crippen MR) is 70.2 cm³/mol. The SMILES string of the molecule is C=C/C=C(\C=C/C)OCC#Cc1cccs1. The lowest BCUT2D eigenvalue weighted by Gasteiger charge is -2.00. The molecule has 0 saturated heterocycles. The van der Waals surface area contributed by atoms with E-state index in [1.807, 2.05) is 42.7 Å². The van der Waals surface area contributed by atoms with Gasteiger partial charge in [0.15, 0.2) is 0 Å². The van der Waals surface area contributed by atoms with Gasteiger partial charge in [-0.15, -0.1) is 11.3 Å². The summed E-state index contributed by atoms with van der Waals surface area (Å²) >= 11 is 1.63. The molecular formula is C14H14OS. The Balaban J connectivity index is 2.45. The first-order chi connectivity index (χ1) is 7.86. The number of allylic oxidation sites excluding steroid dienone is 4. The summed E-state index contributed by atoms with van der Waals surface area (Å²) in [7, 11) is 0. The maximum Gasteiger partial charge on any atom is 0.149 e. The molecule has 0 atom stereocenters. The van der Waals surface area contributed by atoms with E-state index in [1.54, 1.807) is 17.4 Å². The molecule has 0 aromatic carbocycles. The van der Waals surface area contributed by atoms with Gasteiger partial charge in [0.25, 0.3) is 0 Å². The first-order valence-corrected chi connectivity index (χ1v) is 5.85. The van der Waals surface area contributed by atoms with Crippen LogP contribution in [0.25, 0.3) is 0 Å². The van der Waals surface area contributed by atoms with Gasteiger partial charge >= 0.3 is 0 Å². The summed E-state index contributed by atoms with van der Waals surface area (Å²) in [5.74, 6) is 6.77. The minimum Gasteiger partial charge on any atom is -0.481 e. The van der Waals surface area contributed by atoms with Gasteiger partial charge in [0.2, 0.25) is 0 Å². The second kappa shape index (κ2) is 7.56. The van der Waals surface area contributed by atoms with E-state index in [4.69, 9.17) is 4.74 Å². The first-order valence-electron chi connectivity index (χ1n) is 4.97. The average molecular weight is 230 g/mol. The van der Waals surface area contributed by atoms with Crippen LogP contribution in [0.15, 0.2) is 54.2 Å². The van der Waals surface area contributed by atoms with E-state index in [9.17, 15) is 0 Å². The molecule has 0 unspecified atom stereocenters. The van der Waals surface area contributed by atoms with Crippen molar-refractivity contribution in [2.45, 2.75) is 6.92 Å². The molecule has 0 aliphatic carbocycles. The Morgan fingerprint density at radius 3 is 3.12 bits per heavy atom. The Labute approximate surface area is 101 Å². The topological polar surface area (TPSA) is 9.23 Å². The molecule has 0 spiro atoms. The van der Waals surface area contributed by atoms with E-state index in [0.717, 1.165) is 10.6 Å². The molecule has 82 valence electrons. The molecule has 1 rings (SSSR count). The highest BCUT2D eigenvalue weighted by atomic mass is 32.1. The van der Waals surface area contributed by atoms with Gasteiger partial charge in [-0.05, 0) is 30.5 Å². The molecule has 0 aliphatic heterocycles. The van der Waals surface area contributed by atoms with Crippen LogP contribution >= 0.6 is 11.3 Å². The van der Waals surface area contributed by atoms with Crippen molar-refractivity contribution in [2.24, 2.45) is 0 Å². The van der Waals surface area contributed by atoms with Gasteiger partial charge in [0.05, 0.1) is 4.88 Å². The Morgan fingerprint density at radius 2 is 2.50 bits per heavy atom. The van der Waals surface area contributed by atoms with Gasteiger partial charge in [-0.25, -0.2) is 0 Å². The monoisotopic (exact) mass is 230 g/mol. The fourth-order valence-corrected chi connectivity index (χ4v) is 1.62. The van der Waals surface area contributed by atoms with E-state index < -0.39 is 0 Å². The largest absolute Gasteiger partial charge is 0.481 e. The zero-order valence-corrected chi connectivity index (χ0v) is 10.1. The van der Waals surface area contributed by atoms with Crippen LogP contribution in [0.3, 0.4) is 0 Å². The highest BCUT2D eigenvalue weighted by Crippen LogP contribution is 2.05. The quantitative estimate of drug-likeness (QED) is 0.435. The Morgan fingerprint density at radius 1 is 1.62 bits per heavy atom. The summed E-state index contributed by atoms with van der Waals surface area (Å²) in [6.07, 6.45) is 7.31. The van der Waals surface area contributed by atoms with Crippen molar-refractivity contribution < 1.29 is 4.74 Å². The smallest absolute Gasteiger partial charge is 0.149 e. The summed E-state index contributed by atoms with van der Waals surface area (Å²) in [5.41, 5.74) is 0. The van der Waals surface area contributed by atoms with Crippen LogP contribution in [0.2, 0.25) is 0 Å². The number of hydrogen-bond acceptors (Lipinski definition) is 2. The van der Waals surface area contributed by atoms with Gasteiger partial charge in [-0.2, -0.15) is 0 Å². The average Bonchev–Trinajstić information content (AvgIpc) is 2.78. The molecule has 2 heteroatoms. The first kappa shape index (κ1) is 12.4. The molecule has 1 aromatic heterocycles. The third-order valence-electron chi connectivity index (χ3n) is 1.66. The number of rotatable bonds is 4. The van der Waals surface area contributed by atoms with Crippen molar-refractivity contribution in [3.63, 3.8) is 0 Å². The molecule has 0 N–H and O–H groups in total. The third kappa shape index (κ3) is 4.68. The van der Waals surface area contributed by atoms with Crippen LogP contribution < -0.4 is 0 Å². The normalized spacial score (nSPS) is 10.9. The summed E-state index contributed by atoms with van der Waals surface area (Å²) in [6, 6.07) is 3.97. The van der Waals surface area contributed by atoms with Crippen LogP contribution in [0.4, 0.5) is 0 Å². The zero-order valence-electron chi connectivity index (χ0n) is 9.27. The zero-order chi connectivity index (χ0) is 11.6. The fraction of sp³-hybridized carbons (Fsp3) is 0.143. The highest BCUT2D eigenvalue weighted by Gasteiger charge is 1.88. The maximum atomic E-state index is 5.46. The summed E-state index contributed by atoms with van der Waals surface area (Å²) < 4.78 is 5.46. The van der Waals surface area contributed by atoms with Crippen molar-refractivity contribution >= 4 is 11.3 Å². The van der Waals surface area contributed by atoms with Crippen LogP contribution in [0.5, 0.6) is 0 Å². The summed E-state index contributed by atoms with van der Waals surface area (Å²) in [6.45, 7) is 5.96. The minimum absolute atomic E-state index is 0.391. The van der Waals surface area contributed by atoms with Gasteiger partial charge < -0.3 is 4.74 Å². The van der Waals surface area contributed by atoms with Gasteiger partial charge in [0.1, 0.15) is 12.4 Å². The molecule has 1 nitrogen and oxygen atoms in total. The lowest BCUT2D eigenvalue weighted by atomic mass is 10.4. The van der Waals surface area contributed by atoms with Crippen molar-refractivity contribution in [3.05, 3.63) is 59.0 Å². The molecular weight excluding hydrogens is 216 g/mol. The minimum atomic E-state index is 0.391. The molecule has 0 amide bonds. The fourth-order valence-electron chi connectivity index (χ4n) is 1.02. The second-order valence-electron chi connectivity index (χ2n) is 2.87. The molecule has 1 heterocycles. The molecule has 0 radical (unpaired) electrons. The van der Waals surface area contributed by atoms with Gasteiger partial charge in [-0.3, -0.25) is 0 Å². The van der Waals surface area contributed by atoms with E-state index >= 15 is 0 Å². The van der Waals surface area contributed by atoms with Crippen molar-refractivity contribution in [3.8, 4) is 11.8 Å². The lowest BCUT2D eigenvalue weighted by molar-refractivity contribution is 0.268. The Hall–Kier alpha value is -1.72.